The Hall–Kier alpha value is -3.72. The first-order chi connectivity index (χ1) is 15.8. The summed E-state index contributed by atoms with van der Waals surface area (Å²) in [7, 11) is -3.30. The van der Waals surface area contributed by atoms with Gasteiger partial charge in [0.15, 0.2) is 9.84 Å². The molecule has 0 fully saturated rings. The van der Waals surface area contributed by atoms with Crippen molar-refractivity contribution in [3.63, 3.8) is 0 Å². The lowest BCUT2D eigenvalue weighted by Crippen LogP contribution is -2.13. The lowest BCUT2D eigenvalue weighted by atomic mass is 10.1. The maximum atomic E-state index is 12.9. The van der Waals surface area contributed by atoms with Gasteiger partial charge in [0.25, 0.3) is 5.91 Å². The summed E-state index contributed by atoms with van der Waals surface area (Å²) in [5.74, 6) is 1.03. The number of ether oxygens (including phenoxy) is 1. The van der Waals surface area contributed by atoms with Gasteiger partial charge in [0, 0.05) is 24.5 Å². The second kappa shape index (κ2) is 9.03. The van der Waals surface area contributed by atoms with E-state index < -0.39 is 9.84 Å². The number of aromatic nitrogens is 3. The van der Waals surface area contributed by atoms with Crippen LogP contribution in [0, 0.1) is 6.92 Å². The van der Waals surface area contributed by atoms with Gasteiger partial charge in [-0.2, -0.15) is 5.10 Å². The molecule has 0 saturated heterocycles. The highest BCUT2D eigenvalue weighted by atomic mass is 32.2. The van der Waals surface area contributed by atoms with Gasteiger partial charge in [0.2, 0.25) is 0 Å². The summed E-state index contributed by atoms with van der Waals surface area (Å²) in [4.78, 5) is 17.4. The van der Waals surface area contributed by atoms with Gasteiger partial charge in [-0.25, -0.2) is 13.4 Å². The van der Waals surface area contributed by atoms with E-state index in [9.17, 15) is 13.2 Å². The van der Waals surface area contributed by atoms with E-state index >= 15 is 0 Å². The van der Waals surface area contributed by atoms with Crippen LogP contribution in [0.2, 0.25) is 0 Å². The predicted molar refractivity (Wildman–Crippen MR) is 127 cm³/mol. The number of sulfone groups is 1. The Labute approximate surface area is 192 Å². The molecule has 0 spiro atoms. The summed E-state index contributed by atoms with van der Waals surface area (Å²) in [6.45, 7) is 6.15. The SMILES string of the molecule is CCn1cc2c(Oc3ccc(S(=O)(=O)CC)cc3)cc(C(=O)Nc3ccc(C)cn3)cc2n1. The third-order valence-corrected chi connectivity index (χ3v) is 6.91. The average Bonchev–Trinajstić information content (AvgIpc) is 3.24. The number of carbonyl (C=O) groups excluding carboxylic acids is 1. The van der Waals surface area contributed by atoms with Gasteiger partial charge >= 0.3 is 0 Å². The van der Waals surface area contributed by atoms with E-state index in [0.717, 1.165) is 10.9 Å². The standard InChI is InChI=1S/C24H24N4O4S/c1-4-28-15-20-21(27-28)12-17(24(29)26-23-11-6-16(3)14-25-23)13-22(20)32-18-7-9-19(10-8-18)33(30,31)5-2/h6-15H,4-5H2,1-3H3,(H,25,26,29). The topological polar surface area (TPSA) is 103 Å². The molecule has 0 unspecified atom stereocenters. The van der Waals surface area contributed by atoms with Crippen LogP contribution in [0.3, 0.4) is 0 Å². The van der Waals surface area contributed by atoms with Crippen LogP contribution in [0.1, 0.15) is 29.8 Å². The van der Waals surface area contributed by atoms with Crippen LogP contribution in [-0.4, -0.2) is 34.8 Å². The Morgan fingerprint density at radius 3 is 2.48 bits per heavy atom. The molecule has 0 aliphatic rings. The highest BCUT2D eigenvalue weighted by Crippen LogP contribution is 2.32. The van der Waals surface area contributed by atoms with Crippen molar-refractivity contribution in [2.45, 2.75) is 32.2 Å². The zero-order valence-electron chi connectivity index (χ0n) is 18.6. The molecule has 9 heteroatoms. The Balaban J connectivity index is 1.68. The fourth-order valence-electron chi connectivity index (χ4n) is 3.26. The van der Waals surface area contributed by atoms with Crippen LogP contribution in [0.4, 0.5) is 5.82 Å². The summed E-state index contributed by atoms with van der Waals surface area (Å²) in [6, 6.07) is 13.2. The van der Waals surface area contributed by atoms with Gasteiger partial charge in [-0.15, -0.1) is 0 Å². The number of anilines is 1. The normalized spacial score (nSPS) is 11.5. The molecule has 0 aliphatic heterocycles. The van der Waals surface area contributed by atoms with Crippen molar-refractivity contribution in [1.29, 1.82) is 0 Å². The quantitative estimate of drug-likeness (QED) is 0.429. The smallest absolute Gasteiger partial charge is 0.257 e. The van der Waals surface area contributed by atoms with Crippen LogP contribution < -0.4 is 10.1 Å². The number of rotatable bonds is 7. The fourth-order valence-corrected chi connectivity index (χ4v) is 4.14. The summed E-state index contributed by atoms with van der Waals surface area (Å²) < 4.78 is 32.0. The van der Waals surface area contributed by atoms with Crippen molar-refractivity contribution in [2.24, 2.45) is 0 Å². The van der Waals surface area contributed by atoms with Crippen LogP contribution in [0.15, 0.2) is 65.8 Å². The molecule has 2 heterocycles. The minimum Gasteiger partial charge on any atom is -0.457 e. The number of nitrogens with one attached hydrogen (secondary N) is 1. The monoisotopic (exact) mass is 464 g/mol. The summed E-state index contributed by atoms with van der Waals surface area (Å²) in [6.07, 6.45) is 3.53. The number of amides is 1. The number of aryl methyl sites for hydroxylation is 2. The van der Waals surface area contributed by atoms with Gasteiger partial charge in [0.05, 0.1) is 21.6 Å². The lowest BCUT2D eigenvalue weighted by Gasteiger charge is -2.10. The molecular weight excluding hydrogens is 440 g/mol. The Morgan fingerprint density at radius 1 is 1.09 bits per heavy atom. The number of hydrogen-bond acceptors (Lipinski definition) is 6. The maximum absolute atomic E-state index is 12.9. The molecule has 0 bridgehead atoms. The maximum Gasteiger partial charge on any atom is 0.257 e. The molecule has 1 amide bonds. The Bertz CT molecular complexity index is 1410. The van der Waals surface area contributed by atoms with Gasteiger partial charge in [-0.3, -0.25) is 9.48 Å². The molecule has 0 atom stereocenters. The Morgan fingerprint density at radius 2 is 1.85 bits per heavy atom. The Kier molecular flexibility index (Phi) is 6.15. The largest absolute Gasteiger partial charge is 0.457 e. The molecule has 1 N–H and O–H groups in total. The molecule has 0 saturated carbocycles. The van der Waals surface area contributed by atoms with Crippen molar-refractivity contribution in [3.8, 4) is 11.5 Å². The second-order valence-corrected chi connectivity index (χ2v) is 9.82. The second-order valence-electron chi connectivity index (χ2n) is 7.54. The van der Waals surface area contributed by atoms with E-state index in [4.69, 9.17) is 4.74 Å². The van der Waals surface area contributed by atoms with Crippen LogP contribution in [0.25, 0.3) is 10.9 Å². The van der Waals surface area contributed by atoms with E-state index in [-0.39, 0.29) is 16.6 Å². The molecule has 4 rings (SSSR count). The highest BCUT2D eigenvalue weighted by molar-refractivity contribution is 7.91. The molecule has 2 aromatic carbocycles. The van der Waals surface area contributed by atoms with E-state index in [1.807, 2.05) is 26.1 Å². The van der Waals surface area contributed by atoms with Crippen LogP contribution >= 0.6 is 0 Å². The summed E-state index contributed by atoms with van der Waals surface area (Å²) in [5, 5.41) is 8.04. The first kappa shape index (κ1) is 22.5. The van der Waals surface area contributed by atoms with E-state index in [1.54, 1.807) is 48.1 Å². The summed E-state index contributed by atoms with van der Waals surface area (Å²) >= 11 is 0. The molecule has 8 nitrogen and oxygen atoms in total. The third-order valence-electron chi connectivity index (χ3n) is 5.16. The number of nitrogens with zero attached hydrogens (tertiary/aromatic N) is 3. The van der Waals surface area contributed by atoms with Gasteiger partial charge in [0.1, 0.15) is 17.3 Å². The fraction of sp³-hybridized carbons (Fsp3) is 0.208. The number of benzene rings is 2. The van der Waals surface area contributed by atoms with E-state index in [0.29, 0.717) is 34.9 Å². The van der Waals surface area contributed by atoms with Crippen molar-refractivity contribution >= 4 is 32.5 Å². The molecule has 4 aromatic rings. The van der Waals surface area contributed by atoms with Gasteiger partial charge in [-0.05, 0) is 61.9 Å². The molecule has 33 heavy (non-hydrogen) atoms. The molecule has 170 valence electrons. The third kappa shape index (κ3) is 4.88. The molecule has 2 aromatic heterocycles. The van der Waals surface area contributed by atoms with Crippen LogP contribution in [-0.2, 0) is 16.4 Å². The highest BCUT2D eigenvalue weighted by Gasteiger charge is 2.16. The molecule has 0 radical (unpaired) electrons. The minimum absolute atomic E-state index is 0.0248. The number of hydrogen-bond donors (Lipinski definition) is 1. The number of fused-ring (bicyclic) bond motifs is 1. The first-order valence-electron chi connectivity index (χ1n) is 10.5. The van der Waals surface area contributed by atoms with Crippen LogP contribution in [0.5, 0.6) is 11.5 Å². The predicted octanol–water partition coefficient (Wildman–Crippen LogP) is 4.60. The molecular formula is C24H24N4O4S. The molecule has 0 aliphatic carbocycles. The zero-order valence-corrected chi connectivity index (χ0v) is 19.4. The number of pyridine rings is 1. The number of carbonyl (C=O) groups is 1. The zero-order chi connectivity index (χ0) is 23.6. The van der Waals surface area contributed by atoms with Crippen molar-refractivity contribution in [2.75, 3.05) is 11.1 Å². The van der Waals surface area contributed by atoms with Gasteiger partial charge in [-0.1, -0.05) is 13.0 Å². The van der Waals surface area contributed by atoms with Crippen molar-refractivity contribution in [3.05, 3.63) is 72.1 Å². The average molecular weight is 465 g/mol. The summed E-state index contributed by atoms with van der Waals surface area (Å²) in [5.41, 5.74) is 1.97. The first-order valence-corrected chi connectivity index (χ1v) is 12.2. The van der Waals surface area contributed by atoms with Crippen molar-refractivity contribution in [1.82, 2.24) is 14.8 Å². The van der Waals surface area contributed by atoms with Crippen molar-refractivity contribution < 1.29 is 17.9 Å². The van der Waals surface area contributed by atoms with E-state index in [2.05, 4.69) is 15.4 Å². The minimum atomic E-state index is -3.30. The van der Waals surface area contributed by atoms with E-state index in [1.165, 1.54) is 12.1 Å². The van der Waals surface area contributed by atoms with Gasteiger partial charge < -0.3 is 10.1 Å². The lowest BCUT2D eigenvalue weighted by molar-refractivity contribution is 0.102.